The number of Topliss-reactive ketones (excluding diaryl/α,β-unsaturated/α-hetero) is 1. The first-order valence-corrected chi connectivity index (χ1v) is 6.19. The fourth-order valence-corrected chi connectivity index (χ4v) is 2.14. The molecule has 0 bridgehead atoms. The van der Waals surface area contributed by atoms with Crippen LogP contribution < -0.4 is 9.47 Å². The molecule has 0 spiro atoms. The van der Waals surface area contributed by atoms with E-state index in [-0.39, 0.29) is 11.5 Å². The van der Waals surface area contributed by atoms with E-state index < -0.39 is 0 Å². The van der Waals surface area contributed by atoms with Gasteiger partial charge in [0.1, 0.15) is 19.0 Å². The lowest BCUT2D eigenvalue weighted by Crippen LogP contribution is -2.16. The second-order valence-corrected chi connectivity index (χ2v) is 4.42. The smallest absolute Gasteiger partial charge is 0.185 e. The van der Waals surface area contributed by atoms with Gasteiger partial charge >= 0.3 is 0 Å². The summed E-state index contributed by atoms with van der Waals surface area (Å²) in [5.41, 5.74) is 1.07. The molecule has 0 saturated heterocycles. The zero-order valence-electron chi connectivity index (χ0n) is 10.8. The van der Waals surface area contributed by atoms with Gasteiger partial charge in [-0.3, -0.25) is 9.59 Å². The average Bonchev–Trinajstić information content (AvgIpc) is 2.94. The van der Waals surface area contributed by atoms with Gasteiger partial charge < -0.3 is 13.9 Å². The van der Waals surface area contributed by atoms with E-state index in [1.165, 1.54) is 6.92 Å². The predicted octanol–water partition coefficient (Wildman–Crippen LogP) is 2.73. The maximum absolute atomic E-state index is 11.8. The number of benzene rings is 1. The molecule has 5 nitrogen and oxygen atoms in total. The fourth-order valence-electron chi connectivity index (χ4n) is 2.14. The van der Waals surface area contributed by atoms with Crippen LogP contribution in [0, 0.1) is 0 Å². The zero-order chi connectivity index (χ0) is 14.1. The highest BCUT2D eigenvalue weighted by molar-refractivity contribution is 6.01. The lowest BCUT2D eigenvalue weighted by Gasteiger charge is -2.20. The van der Waals surface area contributed by atoms with Crippen LogP contribution in [-0.2, 0) is 0 Å². The maximum atomic E-state index is 11.8. The van der Waals surface area contributed by atoms with Gasteiger partial charge in [-0.2, -0.15) is 0 Å². The van der Waals surface area contributed by atoms with Crippen LogP contribution in [0.25, 0.3) is 11.3 Å². The van der Waals surface area contributed by atoms with Crippen molar-refractivity contribution in [2.75, 3.05) is 13.2 Å². The predicted molar refractivity (Wildman–Crippen MR) is 70.5 cm³/mol. The van der Waals surface area contributed by atoms with Gasteiger partial charge in [-0.1, -0.05) is 0 Å². The summed E-state index contributed by atoms with van der Waals surface area (Å²) in [7, 11) is 0. The number of fused-ring (bicyclic) bond motifs is 1. The molecule has 1 aliphatic heterocycles. The van der Waals surface area contributed by atoms with E-state index >= 15 is 0 Å². The monoisotopic (exact) mass is 272 g/mol. The summed E-state index contributed by atoms with van der Waals surface area (Å²) >= 11 is 0. The minimum Gasteiger partial charge on any atom is -0.486 e. The lowest BCUT2D eigenvalue weighted by atomic mass is 10.0. The third-order valence-corrected chi connectivity index (χ3v) is 3.07. The Morgan fingerprint density at radius 2 is 1.85 bits per heavy atom. The number of rotatable bonds is 3. The van der Waals surface area contributed by atoms with E-state index in [4.69, 9.17) is 13.9 Å². The van der Waals surface area contributed by atoms with Crippen LogP contribution in [0.2, 0.25) is 0 Å². The summed E-state index contributed by atoms with van der Waals surface area (Å²) in [6.45, 7) is 2.39. The summed E-state index contributed by atoms with van der Waals surface area (Å²) in [6, 6.07) is 6.57. The van der Waals surface area contributed by atoms with Crippen molar-refractivity contribution in [3.05, 3.63) is 35.6 Å². The largest absolute Gasteiger partial charge is 0.486 e. The molecule has 3 rings (SSSR count). The number of hydrogen-bond donors (Lipinski definition) is 0. The molecule has 1 aromatic carbocycles. The molecule has 1 aromatic heterocycles. The minimum absolute atomic E-state index is 0.110. The van der Waals surface area contributed by atoms with Crippen molar-refractivity contribution in [2.24, 2.45) is 0 Å². The van der Waals surface area contributed by atoms with Crippen LogP contribution in [0.1, 0.15) is 27.8 Å². The van der Waals surface area contributed by atoms with Crippen molar-refractivity contribution in [1.29, 1.82) is 0 Å². The first-order chi connectivity index (χ1) is 9.69. The highest BCUT2D eigenvalue weighted by Crippen LogP contribution is 2.38. The number of ketones is 1. The first kappa shape index (κ1) is 12.5. The van der Waals surface area contributed by atoms with Gasteiger partial charge in [0.05, 0.1) is 0 Å². The highest BCUT2D eigenvalue weighted by atomic mass is 16.6. The second kappa shape index (κ2) is 4.85. The van der Waals surface area contributed by atoms with Gasteiger partial charge in [0.2, 0.25) is 0 Å². The number of carbonyl (C=O) groups is 2. The molecule has 2 heterocycles. The summed E-state index contributed by atoms with van der Waals surface area (Å²) in [5.74, 6) is 1.67. The molecule has 0 radical (unpaired) electrons. The normalized spacial score (nSPS) is 13.1. The van der Waals surface area contributed by atoms with Gasteiger partial charge in [-0.15, -0.1) is 0 Å². The molecule has 20 heavy (non-hydrogen) atoms. The van der Waals surface area contributed by atoms with E-state index in [0.717, 1.165) is 0 Å². The Bertz CT molecular complexity index is 684. The van der Waals surface area contributed by atoms with Crippen molar-refractivity contribution in [3.63, 3.8) is 0 Å². The molecular weight excluding hydrogens is 260 g/mol. The standard InChI is InChI=1S/C15H12O5/c1-9(17)11-6-14-15(19-5-4-18-14)7-12(11)13-3-2-10(8-16)20-13/h2-3,6-8H,4-5H2,1H3. The lowest BCUT2D eigenvalue weighted by molar-refractivity contribution is 0.101. The second-order valence-electron chi connectivity index (χ2n) is 4.42. The summed E-state index contributed by atoms with van der Waals surface area (Å²) in [4.78, 5) is 22.5. The topological polar surface area (TPSA) is 65.7 Å². The number of furan rings is 1. The molecule has 2 aromatic rings. The van der Waals surface area contributed by atoms with E-state index in [9.17, 15) is 9.59 Å². The van der Waals surface area contributed by atoms with Gasteiger partial charge in [0.25, 0.3) is 0 Å². The van der Waals surface area contributed by atoms with Crippen molar-refractivity contribution in [1.82, 2.24) is 0 Å². The van der Waals surface area contributed by atoms with E-state index in [1.807, 2.05) is 0 Å². The van der Waals surface area contributed by atoms with Crippen molar-refractivity contribution in [3.8, 4) is 22.8 Å². The van der Waals surface area contributed by atoms with Crippen LogP contribution in [-0.4, -0.2) is 25.3 Å². The summed E-state index contributed by atoms with van der Waals surface area (Å²) < 4.78 is 16.4. The molecule has 0 aliphatic carbocycles. The van der Waals surface area contributed by atoms with Crippen LogP contribution in [0.15, 0.2) is 28.7 Å². The van der Waals surface area contributed by atoms with Crippen LogP contribution >= 0.6 is 0 Å². The molecule has 1 aliphatic rings. The molecule has 0 N–H and O–H groups in total. The van der Waals surface area contributed by atoms with E-state index in [2.05, 4.69) is 0 Å². The number of hydrogen-bond acceptors (Lipinski definition) is 5. The Kier molecular flexibility index (Phi) is 3.02. The third kappa shape index (κ3) is 2.07. The Hall–Kier alpha value is -2.56. The highest BCUT2D eigenvalue weighted by Gasteiger charge is 2.20. The number of aldehydes is 1. The molecule has 102 valence electrons. The first-order valence-electron chi connectivity index (χ1n) is 6.19. The Balaban J connectivity index is 2.16. The molecule has 0 saturated carbocycles. The van der Waals surface area contributed by atoms with Crippen LogP contribution in [0.5, 0.6) is 11.5 Å². The van der Waals surface area contributed by atoms with E-state index in [0.29, 0.717) is 47.9 Å². The Morgan fingerprint density at radius 1 is 1.15 bits per heavy atom. The van der Waals surface area contributed by atoms with Crippen molar-refractivity contribution in [2.45, 2.75) is 6.92 Å². The van der Waals surface area contributed by atoms with Gasteiger partial charge in [-0.05, 0) is 31.2 Å². The van der Waals surface area contributed by atoms with E-state index in [1.54, 1.807) is 24.3 Å². The summed E-state index contributed by atoms with van der Waals surface area (Å²) in [6.07, 6.45) is 0.620. The van der Waals surface area contributed by atoms with Gasteiger partial charge in [-0.25, -0.2) is 0 Å². The average molecular weight is 272 g/mol. The van der Waals surface area contributed by atoms with Gasteiger partial charge in [0, 0.05) is 11.1 Å². The molecular formula is C15H12O5. The van der Waals surface area contributed by atoms with Crippen molar-refractivity contribution >= 4 is 12.1 Å². The fraction of sp³-hybridized carbons (Fsp3) is 0.200. The molecule has 0 amide bonds. The molecule has 0 atom stereocenters. The number of ether oxygens (including phenoxy) is 2. The molecule has 0 fully saturated rings. The van der Waals surface area contributed by atoms with Gasteiger partial charge in [0.15, 0.2) is 29.3 Å². The zero-order valence-corrected chi connectivity index (χ0v) is 10.8. The Morgan fingerprint density at radius 3 is 2.45 bits per heavy atom. The SMILES string of the molecule is CC(=O)c1cc2c(cc1-c1ccc(C=O)o1)OCCO2. The summed E-state index contributed by atoms with van der Waals surface area (Å²) in [5, 5.41) is 0. The number of carbonyl (C=O) groups excluding carboxylic acids is 2. The quantitative estimate of drug-likeness (QED) is 0.635. The third-order valence-electron chi connectivity index (χ3n) is 3.07. The Labute approximate surface area is 115 Å². The van der Waals surface area contributed by atoms with Crippen molar-refractivity contribution < 1.29 is 23.5 Å². The maximum Gasteiger partial charge on any atom is 0.185 e. The minimum atomic E-state index is -0.110. The van der Waals surface area contributed by atoms with Crippen LogP contribution in [0.3, 0.4) is 0 Å². The van der Waals surface area contributed by atoms with Crippen LogP contribution in [0.4, 0.5) is 0 Å². The molecule has 0 unspecified atom stereocenters. The molecule has 5 heteroatoms.